The van der Waals surface area contributed by atoms with Gasteiger partial charge in [-0.25, -0.2) is 4.39 Å². The first kappa shape index (κ1) is 15.3. The molecule has 0 fully saturated rings. The van der Waals surface area contributed by atoms with Gasteiger partial charge in [-0.1, -0.05) is 18.2 Å². The van der Waals surface area contributed by atoms with Crippen LogP contribution >= 0.6 is 0 Å². The fraction of sp³-hybridized carbons (Fsp3) is 0.200. The lowest BCUT2D eigenvalue weighted by molar-refractivity contribution is 0.295. The standard InChI is InChI=1S/C15H16BFO4/c1-10-8-12(6-7-13(10)16(18)19)21-9-11-4-3-5-14(20-2)15(11)17/h3-8,18-19H,9H2,1-2H3. The van der Waals surface area contributed by atoms with Crippen LogP contribution in [0.2, 0.25) is 0 Å². The average Bonchev–Trinajstić information content (AvgIpc) is 2.46. The Labute approximate surface area is 122 Å². The second-order valence-electron chi connectivity index (χ2n) is 4.61. The SMILES string of the molecule is COc1cccc(COc2ccc(B(O)O)c(C)c2)c1F. The van der Waals surface area contributed by atoms with Crippen LogP contribution in [0.3, 0.4) is 0 Å². The number of halogens is 1. The maximum Gasteiger partial charge on any atom is 0.488 e. The van der Waals surface area contributed by atoms with E-state index in [-0.39, 0.29) is 12.4 Å². The smallest absolute Gasteiger partial charge is 0.488 e. The van der Waals surface area contributed by atoms with Crippen LogP contribution in [0.1, 0.15) is 11.1 Å². The molecular weight excluding hydrogens is 274 g/mol. The average molecular weight is 290 g/mol. The van der Waals surface area contributed by atoms with Crippen LogP contribution in [0.25, 0.3) is 0 Å². The normalized spacial score (nSPS) is 10.3. The molecule has 0 aromatic heterocycles. The largest absolute Gasteiger partial charge is 0.494 e. The number of hydrogen-bond donors (Lipinski definition) is 2. The van der Waals surface area contributed by atoms with Gasteiger partial charge in [0.15, 0.2) is 11.6 Å². The molecule has 4 nitrogen and oxygen atoms in total. The Balaban J connectivity index is 2.12. The van der Waals surface area contributed by atoms with Crippen LogP contribution in [0, 0.1) is 12.7 Å². The minimum atomic E-state index is -1.52. The molecule has 0 atom stereocenters. The van der Waals surface area contributed by atoms with E-state index in [4.69, 9.17) is 19.5 Å². The number of hydrogen-bond acceptors (Lipinski definition) is 4. The van der Waals surface area contributed by atoms with Crippen molar-refractivity contribution in [2.24, 2.45) is 0 Å². The fourth-order valence-corrected chi connectivity index (χ4v) is 2.01. The zero-order valence-corrected chi connectivity index (χ0v) is 11.8. The topological polar surface area (TPSA) is 58.9 Å². The lowest BCUT2D eigenvalue weighted by Gasteiger charge is -2.11. The molecule has 0 saturated carbocycles. The Hall–Kier alpha value is -2.05. The predicted octanol–water partition coefficient (Wildman–Crippen LogP) is 1.40. The molecular formula is C15H16BFO4. The highest BCUT2D eigenvalue weighted by Crippen LogP contribution is 2.21. The third-order valence-corrected chi connectivity index (χ3v) is 3.18. The van der Waals surface area contributed by atoms with Gasteiger partial charge in [-0.05, 0) is 36.1 Å². The second-order valence-corrected chi connectivity index (χ2v) is 4.61. The van der Waals surface area contributed by atoms with Crippen molar-refractivity contribution in [3.8, 4) is 11.5 Å². The molecule has 0 aliphatic carbocycles. The lowest BCUT2D eigenvalue weighted by atomic mass is 9.77. The van der Waals surface area contributed by atoms with Crippen molar-refractivity contribution < 1.29 is 23.9 Å². The Bertz CT molecular complexity index is 631. The Morgan fingerprint density at radius 3 is 2.57 bits per heavy atom. The Morgan fingerprint density at radius 2 is 1.95 bits per heavy atom. The molecule has 0 spiro atoms. The summed E-state index contributed by atoms with van der Waals surface area (Å²) in [5.74, 6) is 0.254. The van der Waals surface area contributed by atoms with E-state index >= 15 is 0 Å². The van der Waals surface area contributed by atoms with Crippen LogP contribution in [0.15, 0.2) is 36.4 Å². The third-order valence-electron chi connectivity index (χ3n) is 3.18. The highest BCUT2D eigenvalue weighted by Gasteiger charge is 2.14. The molecule has 21 heavy (non-hydrogen) atoms. The fourth-order valence-electron chi connectivity index (χ4n) is 2.01. The molecule has 110 valence electrons. The molecule has 6 heteroatoms. The molecule has 0 saturated heterocycles. The van der Waals surface area contributed by atoms with Crippen molar-refractivity contribution >= 4 is 12.6 Å². The van der Waals surface area contributed by atoms with E-state index in [0.29, 0.717) is 22.3 Å². The van der Waals surface area contributed by atoms with E-state index in [9.17, 15) is 4.39 Å². The molecule has 2 N–H and O–H groups in total. The summed E-state index contributed by atoms with van der Waals surface area (Å²) in [6, 6.07) is 9.71. The van der Waals surface area contributed by atoms with Crippen molar-refractivity contribution in [2.75, 3.05) is 7.11 Å². The Morgan fingerprint density at radius 1 is 1.19 bits per heavy atom. The van der Waals surface area contributed by atoms with Crippen molar-refractivity contribution in [3.63, 3.8) is 0 Å². The highest BCUT2D eigenvalue weighted by atomic mass is 19.1. The number of rotatable bonds is 5. The van der Waals surface area contributed by atoms with E-state index in [1.807, 2.05) is 0 Å². The molecule has 0 aliphatic rings. The second kappa shape index (κ2) is 6.60. The van der Waals surface area contributed by atoms with E-state index in [1.165, 1.54) is 7.11 Å². The van der Waals surface area contributed by atoms with Gasteiger partial charge in [0.1, 0.15) is 12.4 Å². The molecule has 0 radical (unpaired) electrons. The van der Waals surface area contributed by atoms with Gasteiger partial charge in [-0.15, -0.1) is 0 Å². The summed E-state index contributed by atoms with van der Waals surface area (Å²) in [6.45, 7) is 1.80. The van der Waals surface area contributed by atoms with Crippen LogP contribution < -0.4 is 14.9 Å². The van der Waals surface area contributed by atoms with Gasteiger partial charge in [-0.2, -0.15) is 0 Å². The molecule has 2 aromatic rings. The van der Waals surface area contributed by atoms with Crippen molar-refractivity contribution in [3.05, 3.63) is 53.3 Å². The van der Waals surface area contributed by atoms with E-state index < -0.39 is 12.9 Å². The molecule has 0 amide bonds. The van der Waals surface area contributed by atoms with Crippen molar-refractivity contribution in [1.29, 1.82) is 0 Å². The number of aryl methyl sites for hydroxylation is 1. The third kappa shape index (κ3) is 3.54. The molecule has 0 aliphatic heterocycles. The summed E-state index contributed by atoms with van der Waals surface area (Å²) in [6.07, 6.45) is 0. The highest BCUT2D eigenvalue weighted by molar-refractivity contribution is 6.59. The molecule has 0 unspecified atom stereocenters. The van der Waals surface area contributed by atoms with Gasteiger partial charge in [0, 0.05) is 5.56 Å². The van der Waals surface area contributed by atoms with Crippen LogP contribution in [-0.2, 0) is 6.61 Å². The molecule has 2 aromatic carbocycles. The first-order chi connectivity index (χ1) is 10.0. The van der Waals surface area contributed by atoms with Gasteiger partial charge >= 0.3 is 7.12 Å². The minimum Gasteiger partial charge on any atom is -0.494 e. The van der Waals surface area contributed by atoms with Crippen LogP contribution in [-0.4, -0.2) is 24.3 Å². The van der Waals surface area contributed by atoms with Crippen LogP contribution in [0.5, 0.6) is 11.5 Å². The summed E-state index contributed by atoms with van der Waals surface area (Å²) in [4.78, 5) is 0. The Kier molecular flexibility index (Phi) is 4.83. The van der Waals surface area contributed by atoms with Crippen LogP contribution in [0.4, 0.5) is 4.39 Å². The molecule has 0 bridgehead atoms. The minimum absolute atomic E-state index is 0.0590. The summed E-state index contributed by atoms with van der Waals surface area (Å²) in [5.41, 5.74) is 1.49. The molecule has 0 heterocycles. The van der Waals surface area contributed by atoms with Gasteiger partial charge in [0.05, 0.1) is 7.11 Å². The monoisotopic (exact) mass is 290 g/mol. The predicted molar refractivity (Wildman–Crippen MR) is 78.3 cm³/mol. The lowest BCUT2D eigenvalue weighted by Crippen LogP contribution is -2.31. The van der Waals surface area contributed by atoms with Gasteiger partial charge in [-0.3, -0.25) is 0 Å². The number of benzene rings is 2. The maximum atomic E-state index is 14.0. The van der Waals surface area contributed by atoms with Gasteiger partial charge < -0.3 is 19.5 Å². The number of ether oxygens (including phenoxy) is 2. The molecule has 2 rings (SSSR count). The van der Waals surface area contributed by atoms with E-state index in [0.717, 1.165) is 0 Å². The van der Waals surface area contributed by atoms with Crippen molar-refractivity contribution in [1.82, 2.24) is 0 Å². The van der Waals surface area contributed by atoms with E-state index in [2.05, 4.69) is 0 Å². The zero-order chi connectivity index (χ0) is 15.4. The zero-order valence-electron chi connectivity index (χ0n) is 11.8. The quantitative estimate of drug-likeness (QED) is 0.817. The summed E-state index contributed by atoms with van der Waals surface area (Å²) >= 11 is 0. The summed E-state index contributed by atoms with van der Waals surface area (Å²) < 4.78 is 24.4. The number of methoxy groups -OCH3 is 1. The first-order valence-corrected chi connectivity index (χ1v) is 6.43. The summed E-state index contributed by atoms with van der Waals surface area (Å²) in [5, 5.41) is 18.3. The van der Waals surface area contributed by atoms with Gasteiger partial charge in [0.25, 0.3) is 0 Å². The maximum absolute atomic E-state index is 14.0. The first-order valence-electron chi connectivity index (χ1n) is 6.43. The van der Waals surface area contributed by atoms with E-state index in [1.54, 1.807) is 43.3 Å². The van der Waals surface area contributed by atoms with Crippen molar-refractivity contribution in [2.45, 2.75) is 13.5 Å². The van der Waals surface area contributed by atoms with Gasteiger partial charge in [0.2, 0.25) is 0 Å². The summed E-state index contributed by atoms with van der Waals surface area (Å²) in [7, 11) is -0.111.